The van der Waals surface area contributed by atoms with Crippen LogP contribution < -0.4 is 4.74 Å². The number of hydrogen-bond donors (Lipinski definition) is 0. The molecule has 1 aliphatic rings. The molecule has 6 nitrogen and oxygen atoms in total. The van der Waals surface area contributed by atoms with Gasteiger partial charge in [0, 0.05) is 25.9 Å². The molecule has 0 spiro atoms. The van der Waals surface area contributed by atoms with Crippen LogP contribution in [0, 0.1) is 0 Å². The van der Waals surface area contributed by atoms with Gasteiger partial charge in [0.05, 0.1) is 13.3 Å². The lowest BCUT2D eigenvalue weighted by atomic mass is 10.1. The summed E-state index contributed by atoms with van der Waals surface area (Å²) in [6, 6.07) is 7.55. The molecule has 2 rings (SSSR count). The summed E-state index contributed by atoms with van der Waals surface area (Å²) < 4.78 is 10.7. The van der Waals surface area contributed by atoms with E-state index in [-0.39, 0.29) is 11.9 Å². The topological polar surface area (TPSA) is 59.1 Å². The molecule has 1 aromatic rings. The number of carbonyl (C=O) groups is 2. The van der Waals surface area contributed by atoms with E-state index in [4.69, 9.17) is 9.47 Å². The van der Waals surface area contributed by atoms with Gasteiger partial charge in [-0.25, -0.2) is 4.79 Å². The van der Waals surface area contributed by atoms with E-state index in [0.29, 0.717) is 25.6 Å². The van der Waals surface area contributed by atoms with E-state index in [1.54, 1.807) is 38.8 Å². The highest BCUT2D eigenvalue weighted by atomic mass is 16.6. The first kappa shape index (κ1) is 17.8. The van der Waals surface area contributed by atoms with Crippen molar-refractivity contribution in [3.63, 3.8) is 0 Å². The van der Waals surface area contributed by atoms with Gasteiger partial charge in [0.2, 0.25) is 5.91 Å². The van der Waals surface area contributed by atoms with Gasteiger partial charge >= 0.3 is 5.97 Å². The number of rotatable bonds is 6. The summed E-state index contributed by atoms with van der Waals surface area (Å²) in [6.45, 7) is 8.26. The molecule has 0 radical (unpaired) electrons. The zero-order chi connectivity index (χ0) is 17.7. The Morgan fingerprint density at radius 1 is 1.17 bits per heavy atom. The number of nitrogens with zero attached hydrogens (tertiary/aromatic N) is 2. The van der Waals surface area contributed by atoms with Crippen LogP contribution in [-0.2, 0) is 20.9 Å². The van der Waals surface area contributed by atoms with Crippen LogP contribution in [-0.4, -0.2) is 40.6 Å². The van der Waals surface area contributed by atoms with Crippen molar-refractivity contribution in [3.8, 4) is 5.75 Å². The van der Waals surface area contributed by atoms with Crippen molar-refractivity contribution < 1.29 is 19.1 Å². The third-order valence-electron chi connectivity index (χ3n) is 3.64. The van der Waals surface area contributed by atoms with E-state index >= 15 is 0 Å². The molecule has 130 valence electrons. The number of hydrogen-bond acceptors (Lipinski definition) is 5. The Kier molecular flexibility index (Phi) is 5.49. The van der Waals surface area contributed by atoms with Crippen LogP contribution in [0.3, 0.4) is 0 Å². The first-order valence-electron chi connectivity index (χ1n) is 7.96. The second kappa shape index (κ2) is 7.38. The van der Waals surface area contributed by atoms with Gasteiger partial charge in [-0.15, -0.1) is 0 Å². The molecule has 1 amide bonds. The molecular weight excluding hydrogens is 308 g/mol. The Hall–Kier alpha value is -2.50. The molecular formula is C18H24N2O4. The van der Waals surface area contributed by atoms with Crippen LogP contribution in [0.15, 0.2) is 36.7 Å². The molecule has 0 saturated heterocycles. The first-order chi connectivity index (χ1) is 11.3. The number of carbonyl (C=O) groups excluding carboxylic acids is 2. The molecule has 0 bridgehead atoms. The Bertz CT molecular complexity index is 622. The summed E-state index contributed by atoms with van der Waals surface area (Å²) in [4.78, 5) is 26.9. The quantitative estimate of drug-likeness (QED) is 0.749. The van der Waals surface area contributed by atoms with Crippen LogP contribution in [0.4, 0.5) is 0 Å². The maximum Gasteiger partial charge on any atom is 0.349 e. The summed E-state index contributed by atoms with van der Waals surface area (Å²) in [5.41, 5.74) is 0.0587. The highest BCUT2D eigenvalue weighted by molar-refractivity contribution is 5.79. The molecule has 1 aliphatic heterocycles. The minimum absolute atomic E-state index is 0.0266. The lowest BCUT2D eigenvalue weighted by Gasteiger charge is -2.24. The van der Waals surface area contributed by atoms with Crippen LogP contribution in [0.5, 0.6) is 5.75 Å². The fraction of sp³-hybridized carbons (Fsp3) is 0.444. The molecule has 0 aliphatic carbocycles. The second-order valence-corrected chi connectivity index (χ2v) is 6.15. The second-order valence-electron chi connectivity index (χ2n) is 6.15. The lowest BCUT2D eigenvalue weighted by molar-refractivity contribution is -0.158. The van der Waals surface area contributed by atoms with Gasteiger partial charge in [0.1, 0.15) is 5.75 Å². The number of amides is 1. The predicted molar refractivity (Wildman–Crippen MR) is 89.9 cm³/mol. The van der Waals surface area contributed by atoms with Gasteiger partial charge in [-0.05, 0) is 38.5 Å². The average Bonchev–Trinajstić information content (AvgIpc) is 2.98. The fourth-order valence-electron chi connectivity index (χ4n) is 2.31. The van der Waals surface area contributed by atoms with E-state index in [2.05, 4.69) is 0 Å². The summed E-state index contributed by atoms with van der Waals surface area (Å²) in [7, 11) is 0. The minimum atomic E-state index is -1.03. The van der Waals surface area contributed by atoms with Gasteiger partial charge in [-0.2, -0.15) is 0 Å². The number of esters is 1. The normalized spacial score (nSPS) is 14.0. The first-order valence-corrected chi connectivity index (χ1v) is 7.96. The zero-order valence-corrected chi connectivity index (χ0v) is 14.6. The zero-order valence-electron chi connectivity index (χ0n) is 14.6. The molecule has 24 heavy (non-hydrogen) atoms. The summed E-state index contributed by atoms with van der Waals surface area (Å²) >= 11 is 0. The van der Waals surface area contributed by atoms with Crippen LogP contribution in [0.1, 0.15) is 33.3 Å². The molecule has 1 heterocycles. The summed E-state index contributed by atoms with van der Waals surface area (Å²) in [5, 5.41) is 0. The van der Waals surface area contributed by atoms with Gasteiger partial charge < -0.3 is 14.4 Å². The SMILES string of the molecule is CCOC(=O)C(C)(C)Oc1ccc(CN2C=CN(C(C)=O)C2)cc1. The van der Waals surface area contributed by atoms with Crippen molar-refractivity contribution in [2.45, 2.75) is 39.8 Å². The van der Waals surface area contributed by atoms with Crippen LogP contribution in [0.2, 0.25) is 0 Å². The van der Waals surface area contributed by atoms with Crippen molar-refractivity contribution in [2.24, 2.45) is 0 Å². The number of ether oxygens (including phenoxy) is 2. The number of benzene rings is 1. The van der Waals surface area contributed by atoms with Crippen molar-refractivity contribution in [1.82, 2.24) is 9.80 Å². The maximum absolute atomic E-state index is 11.9. The van der Waals surface area contributed by atoms with Crippen molar-refractivity contribution in [3.05, 3.63) is 42.2 Å². The Morgan fingerprint density at radius 2 is 1.83 bits per heavy atom. The Labute approximate surface area is 142 Å². The molecule has 6 heteroatoms. The minimum Gasteiger partial charge on any atom is -0.476 e. The smallest absolute Gasteiger partial charge is 0.349 e. The standard InChI is InChI=1S/C18H24N2O4/c1-5-23-17(22)18(3,4)24-16-8-6-15(7-9-16)12-19-10-11-20(13-19)14(2)21/h6-11H,5,12-13H2,1-4H3. The summed E-state index contributed by atoms with van der Waals surface area (Å²) in [6.07, 6.45) is 3.68. The van der Waals surface area contributed by atoms with Gasteiger partial charge in [0.15, 0.2) is 5.60 Å². The fourth-order valence-corrected chi connectivity index (χ4v) is 2.31. The lowest BCUT2D eigenvalue weighted by Crippen LogP contribution is -2.39. The van der Waals surface area contributed by atoms with Crippen molar-refractivity contribution >= 4 is 11.9 Å². The molecule has 0 aromatic heterocycles. The third kappa shape index (κ3) is 4.50. The van der Waals surface area contributed by atoms with E-state index in [1.165, 1.54) is 0 Å². The molecule has 0 N–H and O–H groups in total. The maximum atomic E-state index is 11.9. The van der Waals surface area contributed by atoms with E-state index in [1.807, 2.05) is 35.4 Å². The van der Waals surface area contributed by atoms with E-state index in [0.717, 1.165) is 5.56 Å². The van der Waals surface area contributed by atoms with Gasteiger partial charge in [-0.3, -0.25) is 9.69 Å². The van der Waals surface area contributed by atoms with E-state index in [9.17, 15) is 9.59 Å². The Morgan fingerprint density at radius 3 is 2.38 bits per heavy atom. The van der Waals surface area contributed by atoms with Crippen LogP contribution in [0.25, 0.3) is 0 Å². The monoisotopic (exact) mass is 332 g/mol. The van der Waals surface area contributed by atoms with E-state index < -0.39 is 5.60 Å². The van der Waals surface area contributed by atoms with Crippen molar-refractivity contribution in [2.75, 3.05) is 13.3 Å². The van der Waals surface area contributed by atoms with Gasteiger partial charge in [0.25, 0.3) is 0 Å². The largest absolute Gasteiger partial charge is 0.476 e. The van der Waals surface area contributed by atoms with Crippen LogP contribution >= 0.6 is 0 Å². The Balaban J connectivity index is 1.93. The van der Waals surface area contributed by atoms with Gasteiger partial charge in [-0.1, -0.05) is 12.1 Å². The highest BCUT2D eigenvalue weighted by Crippen LogP contribution is 2.21. The predicted octanol–water partition coefficient (Wildman–Crippen LogP) is 2.50. The average molecular weight is 332 g/mol. The molecule has 0 unspecified atom stereocenters. The molecule has 0 atom stereocenters. The molecule has 0 saturated carbocycles. The molecule has 0 fully saturated rings. The molecule has 1 aromatic carbocycles. The third-order valence-corrected chi connectivity index (χ3v) is 3.64. The van der Waals surface area contributed by atoms with Crippen molar-refractivity contribution in [1.29, 1.82) is 0 Å². The highest BCUT2D eigenvalue weighted by Gasteiger charge is 2.31. The summed E-state index contributed by atoms with van der Waals surface area (Å²) in [5.74, 6) is 0.249.